The van der Waals surface area contributed by atoms with Gasteiger partial charge in [-0.25, -0.2) is 0 Å². The zero-order valence-electron chi connectivity index (χ0n) is 7.07. The normalized spacial score (nSPS) is 14.8. The maximum absolute atomic E-state index is 8.58. The van der Waals surface area contributed by atoms with Gasteiger partial charge in [-0.15, -0.1) is 0 Å². The Morgan fingerprint density at radius 2 is 2.38 bits per heavy atom. The number of alkyl halides is 1. The van der Waals surface area contributed by atoms with Gasteiger partial charge in [-0.2, -0.15) is 5.26 Å². The zero-order chi connectivity index (χ0) is 10.3. The van der Waals surface area contributed by atoms with E-state index in [0.29, 0.717) is 16.6 Å². The number of nitrogens with two attached hydrogens (primary N) is 2. The minimum Gasteiger partial charge on any atom is -0.404 e. The molecular weight excluding hydrogens is 232 g/mol. The van der Waals surface area contributed by atoms with Gasteiger partial charge < -0.3 is 11.5 Å². The Kier molecular flexibility index (Phi) is 5.85. The molecule has 0 radical (unpaired) electrons. The molecule has 0 amide bonds. The minimum absolute atomic E-state index is 0.484. The largest absolute Gasteiger partial charge is 0.404 e. The Balaban J connectivity index is 4.88. The van der Waals surface area contributed by atoms with E-state index in [1.165, 1.54) is 12.4 Å². The van der Waals surface area contributed by atoms with Crippen molar-refractivity contribution in [1.82, 2.24) is 0 Å². The average molecular weight is 243 g/mol. The molecule has 0 saturated carbocycles. The van der Waals surface area contributed by atoms with Crippen LogP contribution in [0.3, 0.4) is 0 Å². The van der Waals surface area contributed by atoms with E-state index in [1.807, 2.05) is 6.07 Å². The maximum Gasteiger partial charge on any atom is 0.122 e. The van der Waals surface area contributed by atoms with Gasteiger partial charge in [0.05, 0.1) is 11.8 Å². The summed E-state index contributed by atoms with van der Waals surface area (Å²) in [6.45, 7) is 3.45. The third kappa shape index (κ3) is 3.40. The van der Waals surface area contributed by atoms with Crippen LogP contribution in [-0.4, -0.2) is 17.1 Å². The lowest BCUT2D eigenvalue weighted by Gasteiger charge is -2.08. The van der Waals surface area contributed by atoms with Gasteiger partial charge in [0.15, 0.2) is 0 Å². The average Bonchev–Trinajstić information content (AvgIpc) is 2.17. The van der Waals surface area contributed by atoms with Crippen molar-refractivity contribution in [3.05, 3.63) is 24.6 Å². The third-order valence-electron chi connectivity index (χ3n) is 1.36. The van der Waals surface area contributed by atoms with Crippen molar-refractivity contribution in [2.75, 3.05) is 5.33 Å². The van der Waals surface area contributed by atoms with E-state index in [4.69, 9.17) is 16.7 Å². The van der Waals surface area contributed by atoms with Gasteiger partial charge in [0.2, 0.25) is 0 Å². The van der Waals surface area contributed by atoms with Crippen molar-refractivity contribution in [1.29, 1.82) is 5.26 Å². The van der Waals surface area contributed by atoms with E-state index in [2.05, 4.69) is 27.5 Å². The van der Waals surface area contributed by atoms with Gasteiger partial charge in [0.25, 0.3) is 0 Å². The summed E-state index contributed by atoms with van der Waals surface area (Å²) in [5.41, 5.74) is 11.9. The second-order valence-corrected chi connectivity index (χ2v) is 2.68. The second kappa shape index (κ2) is 6.40. The summed E-state index contributed by atoms with van der Waals surface area (Å²) in [6.07, 6.45) is 2.67. The van der Waals surface area contributed by atoms with Gasteiger partial charge in [0.1, 0.15) is 6.04 Å². The van der Waals surface area contributed by atoms with E-state index in [1.54, 1.807) is 0 Å². The van der Waals surface area contributed by atoms with Crippen molar-refractivity contribution in [2.45, 2.75) is 6.04 Å². The minimum atomic E-state index is -0.749. The molecule has 0 aliphatic rings. The molecule has 5 heteroatoms. The van der Waals surface area contributed by atoms with Crippen molar-refractivity contribution in [3.8, 4) is 6.07 Å². The predicted molar refractivity (Wildman–Crippen MR) is 57.3 cm³/mol. The summed E-state index contributed by atoms with van der Waals surface area (Å²) in [5.74, 6) is 0. The van der Waals surface area contributed by atoms with Crippen LogP contribution in [0.1, 0.15) is 0 Å². The van der Waals surface area contributed by atoms with Gasteiger partial charge in [0, 0.05) is 23.3 Å². The first kappa shape index (κ1) is 11.9. The Morgan fingerprint density at radius 3 is 2.69 bits per heavy atom. The molecule has 70 valence electrons. The molecule has 13 heavy (non-hydrogen) atoms. The number of aliphatic imine (C=N–C) groups is 1. The molecule has 0 aliphatic heterocycles. The number of hydrogen-bond acceptors (Lipinski definition) is 4. The Hall–Kier alpha value is -1.12. The molecule has 1 unspecified atom stereocenters. The van der Waals surface area contributed by atoms with Crippen LogP contribution in [-0.2, 0) is 0 Å². The Morgan fingerprint density at radius 1 is 1.77 bits per heavy atom. The molecule has 0 heterocycles. The number of halogens is 1. The van der Waals surface area contributed by atoms with Crippen molar-refractivity contribution >= 4 is 21.6 Å². The SMILES string of the molecule is C=CN=C(CBr)/C(=C\N)C(N)C#N. The lowest BCUT2D eigenvalue weighted by Crippen LogP contribution is -2.27. The molecule has 0 rings (SSSR count). The van der Waals surface area contributed by atoms with Crippen LogP contribution >= 0.6 is 15.9 Å². The molecule has 0 fully saturated rings. The van der Waals surface area contributed by atoms with E-state index in [-0.39, 0.29) is 0 Å². The Bertz CT molecular complexity index is 274. The Labute approximate surface area is 85.7 Å². The molecule has 0 aromatic heterocycles. The summed E-state index contributed by atoms with van der Waals surface area (Å²) in [4.78, 5) is 3.94. The van der Waals surface area contributed by atoms with Crippen LogP contribution in [0.25, 0.3) is 0 Å². The highest BCUT2D eigenvalue weighted by Crippen LogP contribution is 2.04. The first-order valence-corrected chi connectivity index (χ1v) is 4.64. The smallest absolute Gasteiger partial charge is 0.122 e. The number of rotatable bonds is 4. The standard InChI is InChI=1S/C8H11BrN4/c1-2-13-8(3-9)6(4-10)7(12)5-11/h2,4,7H,1,3,10,12H2/b6-4-,13-8?. The summed E-state index contributed by atoms with van der Waals surface area (Å²) < 4.78 is 0. The highest BCUT2D eigenvalue weighted by molar-refractivity contribution is 9.09. The molecule has 0 aromatic rings. The molecule has 1 atom stereocenters. The molecule has 0 aromatic carbocycles. The molecule has 0 spiro atoms. The molecule has 4 N–H and O–H groups in total. The highest BCUT2D eigenvalue weighted by atomic mass is 79.9. The molecule has 0 saturated heterocycles. The topological polar surface area (TPSA) is 88.2 Å². The monoisotopic (exact) mass is 242 g/mol. The van der Waals surface area contributed by atoms with Gasteiger partial charge in [-0.3, -0.25) is 4.99 Å². The highest BCUT2D eigenvalue weighted by Gasteiger charge is 2.12. The first-order chi connectivity index (χ1) is 6.21. The lowest BCUT2D eigenvalue weighted by molar-refractivity contribution is 0.998. The third-order valence-corrected chi connectivity index (χ3v) is 1.89. The van der Waals surface area contributed by atoms with Gasteiger partial charge in [-0.1, -0.05) is 22.5 Å². The van der Waals surface area contributed by atoms with E-state index in [0.717, 1.165) is 0 Å². The zero-order valence-corrected chi connectivity index (χ0v) is 8.66. The predicted octanol–water partition coefficient (Wildman–Crippen LogP) is 0.659. The van der Waals surface area contributed by atoms with Crippen LogP contribution in [0.5, 0.6) is 0 Å². The van der Waals surface area contributed by atoms with E-state index >= 15 is 0 Å². The molecule has 0 aliphatic carbocycles. The van der Waals surface area contributed by atoms with E-state index in [9.17, 15) is 0 Å². The van der Waals surface area contributed by atoms with Crippen LogP contribution < -0.4 is 11.5 Å². The van der Waals surface area contributed by atoms with Crippen LogP contribution in [0.4, 0.5) is 0 Å². The van der Waals surface area contributed by atoms with Crippen molar-refractivity contribution in [2.24, 2.45) is 16.5 Å². The quantitative estimate of drug-likeness (QED) is 0.561. The number of nitriles is 1. The summed E-state index contributed by atoms with van der Waals surface area (Å²) in [5, 5.41) is 9.06. The van der Waals surface area contributed by atoms with Gasteiger partial charge >= 0.3 is 0 Å². The second-order valence-electron chi connectivity index (χ2n) is 2.12. The molecule has 0 bridgehead atoms. The molecule has 4 nitrogen and oxygen atoms in total. The fraction of sp³-hybridized carbons (Fsp3) is 0.250. The lowest BCUT2D eigenvalue weighted by atomic mass is 10.1. The fourth-order valence-corrected chi connectivity index (χ4v) is 1.21. The maximum atomic E-state index is 8.58. The summed E-state index contributed by atoms with van der Waals surface area (Å²) in [6, 6.07) is 1.13. The van der Waals surface area contributed by atoms with Crippen LogP contribution in [0.2, 0.25) is 0 Å². The van der Waals surface area contributed by atoms with Crippen molar-refractivity contribution < 1.29 is 0 Å². The number of nitrogens with zero attached hydrogens (tertiary/aromatic N) is 2. The van der Waals surface area contributed by atoms with Crippen LogP contribution in [0, 0.1) is 11.3 Å². The van der Waals surface area contributed by atoms with Gasteiger partial charge in [-0.05, 0) is 0 Å². The van der Waals surface area contributed by atoms with Crippen molar-refractivity contribution in [3.63, 3.8) is 0 Å². The molecular formula is C8H11BrN4. The van der Waals surface area contributed by atoms with E-state index < -0.39 is 6.04 Å². The van der Waals surface area contributed by atoms with Crippen LogP contribution in [0.15, 0.2) is 29.5 Å². The number of hydrogen-bond donors (Lipinski definition) is 2. The summed E-state index contributed by atoms with van der Waals surface area (Å²) >= 11 is 3.22. The summed E-state index contributed by atoms with van der Waals surface area (Å²) in [7, 11) is 0. The first-order valence-electron chi connectivity index (χ1n) is 3.52. The fourth-order valence-electron chi connectivity index (χ4n) is 0.745.